The highest BCUT2D eigenvalue weighted by atomic mass is 19.3. The minimum atomic E-state index is -2.62. The van der Waals surface area contributed by atoms with Crippen molar-refractivity contribution in [2.24, 2.45) is 5.92 Å². The fourth-order valence-electron chi connectivity index (χ4n) is 2.72. The predicted molar refractivity (Wildman–Crippen MR) is 109 cm³/mol. The molecule has 168 valence electrons. The second-order valence-electron chi connectivity index (χ2n) is 6.93. The fraction of sp³-hybridized carbons (Fsp3) is 0.429. The standard InChI is InChI=1S/C21H26F2N4O4/c1-14(2)21(29)27(10-9-25-19(28)15-5-4-8-24-11-15)12-16-6-7-18(26-20(16)30-3)31-13-17(22)23/h4-8,11,14,17H,9-10,12-13H2,1-3H3,(H,25,28). The van der Waals surface area contributed by atoms with Gasteiger partial charge in [0.1, 0.15) is 0 Å². The molecule has 1 N–H and O–H groups in total. The summed E-state index contributed by atoms with van der Waals surface area (Å²) in [5.41, 5.74) is 1.01. The smallest absolute Gasteiger partial charge is 0.272 e. The lowest BCUT2D eigenvalue weighted by Gasteiger charge is -2.25. The Balaban J connectivity index is 2.06. The summed E-state index contributed by atoms with van der Waals surface area (Å²) in [4.78, 5) is 34.4. The van der Waals surface area contributed by atoms with Crippen molar-refractivity contribution in [3.63, 3.8) is 0 Å². The van der Waals surface area contributed by atoms with E-state index in [1.54, 1.807) is 43.1 Å². The number of nitrogens with zero attached hydrogens (tertiary/aromatic N) is 3. The maximum Gasteiger partial charge on any atom is 0.272 e. The van der Waals surface area contributed by atoms with Gasteiger partial charge >= 0.3 is 0 Å². The van der Waals surface area contributed by atoms with Crippen molar-refractivity contribution in [1.29, 1.82) is 0 Å². The highest BCUT2D eigenvalue weighted by molar-refractivity contribution is 5.93. The first kappa shape index (κ1) is 24.0. The van der Waals surface area contributed by atoms with E-state index in [9.17, 15) is 18.4 Å². The molecule has 10 heteroatoms. The topological polar surface area (TPSA) is 93.7 Å². The second-order valence-corrected chi connectivity index (χ2v) is 6.93. The molecule has 2 aromatic rings. The van der Waals surface area contributed by atoms with Crippen LogP contribution in [0, 0.1) is 5.92 Å². The summed E-state index contributed by atoms with van der Waals surface area (Å²) in [6.45, 7) is 3.45. The molecule has 2 amide bonds. The number of amides is 2. The Kier molecular flexibility index (Phi) is 9.11. The summed E-state index contributed by atoms with van der Waals surface area (Å²) in [6, 6.07) is 6.37. The molecule has 0 atom stereocenters. The number of pyridine rings is 2. The van der Waals surface area contributed by atoms with Gasteiger partial charge in [0.2, 0.25) is 17.7 Å². The molecular formula is C21H26F2N4O4. The van der Waals surface area contributed by atoms with E-state index in [-0.39, 0.29) is 49.1 Å². The maximum atomic E-state index is 12.7. The molecule has 2 heterocycles. The van der Waals surface area contributed by atoms with Crippen molar-refractivity contribution in [1.82, 2.24) is 20.2 Å². The Morgan fingerprint density at radius 3 is 2.61 bits per heavy atom. The Bertz CT molecular complexity index is 866. The number of ether oxygens (including phenoxy) is 2. The van der Waals surface area contributed by atoms with Crippen LogP contribution in [0.2, 0.25) is 0 Å². The van der Waals surface area contributed by atoms with Crippen LogP contribution in [0.25, 0.3) is 0 Å². The number of nitrogens with one attached hydrogen (secondary N) is 1. The quantitative estimate of drug-likeness (QED) is 0.582. The van der Waals surface area contributed by atoms with Gasteiger partial charge in [-0.2, -0.15) is 4.98 Å². The van der Waals surface area contributed by atoms with Crippen molar-refractivity contribution in [2.75, 3.05) is 26.8 Å². The van der Waals surface area contributed by atoms with E-state index >= 15 is 0 Å². The third-order valence-electron chi connectivity index (χ3n) is 4.22. The molecular weight excluding hydrogens is 410 g/mol. The summed E-state index contributed by atoms with van der Waals surface area (Å²) in [6.07, 6.45) is 0.416. The Morgan fingerprint density at radius 1 is 1.23 bits per heavy atom. The molecule has 8 nitrogen and oxygen atoms in total. The van der Waals surface area contributed by atoms with Gasteiger partial charge in [0.15, 0.2) is 6.61 Å². The highest BCUT2D eigenvalue weighted by Crippen LogP contribution is 2.22. The number of rotatable bonds is 11. The molecule has 0 aliphatic heterocycles. The van der Waals surface area contributed by atoms with E-state index in [0.717, 1.165) is 0 Å². The lowest BCUT2D eigenvalue weighted by molar-refractivity contribution is -0.135. The average Bonchev–Trinajstić information content (AvgIpc) is 2.77. The van der Waals surface area contributed by atoms with Crippen LogP contribution < -0.4 is 14.8 Å². The third kappa shape index (κ3) is 7.47. The van der Waals surface area contributed by atoms with Crippen LogP contribution in [0.5, 0.6) is 11.8 Å². The van der Waals surface area contributed by atoms with Gasteiger partial charge in [0, 0.05) is 43.0 Å². The van der Waals surface area contributed by atoms with Crippen LogP contribution in [0.3, 0.4) is 0 Å². The SMILES string of the molecule is COc1nc(OCC(F)F)ccc1CN(CCNC(=O)c1cccnc1)C(=O)C(C)C. The minimum Gasteiger partial charge on any atom is -0.481 e. The number of carbonyl (C=O) groups is 2. The van der Waals surface area contributed by atoms with Gasteiger partial charge in [-0.05, 0) is 18.2 Å². The number of alkyl halides is 2. The summed E-state index contributed by atoms with van der Waals surface area (Å²) < 4.78 is 34.8. The van der Waals surface area contributed by atoms with Gasteiger partial charge in [-0.15, -0.1) is 0 Å². The number of aromatic nitrogens is 2. The zero-order chi connectivity index (χ0) is 22.8. The van der Waals surface area contributed by atoms with Gasteiger partial charge in [0.25, 0.3) is 12.3 Å². The Labute approximate surface area is 179 Å². The van der Waals surface area contributed by atoms with Crippen molar-refractivity contribution in [3.8, 4) is 11.8 Å². The van der Waals surface area contributed by atoms with Gasteiger partial charge in [-0.3, -0.25) is 14.6 Å². The van der Waals surface area contributed by atoms with Crippen LogP contribution in [0.4, 0.5) is 8.78 Å². The van der Waals surface area contributed by atoms with Crippen LogP contribution in [-0.4, -0.2) is 59.9 Å². The second kappa shape index (κ2) is 11.8. The third-order valence-corrected chi connectivity index (χ3v) is 4.22. The Hall–Kier alpha value is -3.30. The molecule has 0 fully saturated rings. The van der Waals surface area contributed by atoms with Crippen molar-refractivity contribution < 1.29 is 27.8 Å². The average molecular weight is 436 g/mol. The molecule has 0 radical (unpaired) electrons. The molecule has 0 saturated carbocycles. The van der Waals surface area contributed by atoms with Gasteiger partial charge in [0.05, 0.1) is 19.2 Å². The molecule has 0 spiro atoms. The van der Waals surface area contributed by atoms with E-state index in [4.69, 9.17) is 9.47 Å². The van der Waals surface area contributed by atoms with E-state index < -0.39 is 13.0 Å². The van der Waals surface area contributed by atoms with Gasteiger partial charge in [-0.25, -0.2) is 8.78 Å². The van der Waals surface area contributed by atoms with E-state index in [1.165, 1.54) is 19.4 Å². The normalized spacial score (nSPS) is 10.8. The lowest BCUT2D eigenvalue weighted by atomic mass is 10.1. The highest BCUT2D eigenvalue weighted by Gasteiger charge is 2.20. The molecule has 0 unspecified atom stereocenters. The first-order valence-electron chi connectivity index (χ1n) is 9.73. The van der Waals surface area contributed by atoms with Crippen molar-refractivity contribution in [2.45, 2.75) is 26.8 Å². The molecule has 2 rings (SSSR count). The summed E-state index contributed by atoms with van der Waals surface area (Å²) in [5, 5.41) is 2.76. The number of hydrogen-bond acceptors (Lipinski definition) is 6. The summed E-state index contributed by atoms with van der Waals surface area (Å²) in [5.74, 6) is -0.485. The molecule has 0 bridgehead atoms. The lowest BCUT2D eigenvalue weighted by Crippen LogP contribution is -2.40. The first-order chi connectivity index (χ1) is 14.8. The van der Waals surface area contributed by atoms with Crippen LogP contribution >= 0.6 is 0 Å². The summed E-state index contributed by atoms with van der Waals surface area (Å²) >= 11 is 0. The zero-order valence-corrected chi connectivity index (χ0v) is 17.7. The molecule has 0 aromatic carbocycles. The number of hydrogen-bond donors (Lipinski definition) is 1. The first-order valence-corrected chi connectivity index (χ1v) is 9.73. The molecule has 0 aliphatic carbocycles. The maximum absolute atomic E-state index is 12.7. The summed E-state index contributed by atoms with van der Waals surface area (Å²) in [7, 11) is 1.39. The van der Waals surface area contributed by atoms with E-state index in [0.29, 0.717) is 11.1 Å². The molecule has 31 heavy (non-hydrogen) atoms. The largest absolute Gasteiger partial charge is 0.481 e. The molecule has 2 aromatic heterocycles. The minimum absolute atomic E-state index is 0.00590. The van der Waals surface area contributed by atoms with Crippen molar-refractivity contribution in [3.05, 3.63) is 47.8 Å². The zero-order valence-electron chi connectivity index (χ0n) is 17.7. The van der Waals surface area contributed by atoms with Crippen LogP contribution in [0.1, 0.15) is 29.8 Å². The van der Waals surface area contributed by atoms with Crippen LogP contribution in [0.15, 0.2) is 36.7 Å². The predicted octanol–water partition coefficient (Wildman–Crippen LogP) is 2.54. The molecule has 0 aliphatic rings. The van der Waals surface area contributed by atoms with E-state index in [1.807, 2.05) is 0 Å². The van der Waals surface area contributed by atoms with Gasteiger partial charge in [-0.1, -0.05) is 13.8 Å². The number of methoxy groups -OCH3 is 1. The van der Waals surface area contributed by atoms with Crippen molar-refractivity contribution >= 4 is 11.8 Å². The fourth-order valence-corrected chi connectivity index (χ4v) is 2.72. The number of halogens is 2. The van der Waals surface area contributed by atoms with Gasteiger partial charge < -0.3 is 19.7 Å². The molecule has 0 saturated heterocycles. The van der Waals surface area contributed by atoms with E-state index in [2.05, 4.69) is 15.3 Å². The Morgan fingerprint density at radius 2 is 2.00 bits per heavy atom. The van der Waals surface area contributed by atoms with Crippen LogP contribution in [-0.2, 0) is 11.3 Å². The number of carbonyl (C=O) groups excluding carboxylic acids is 2. The monoisotopic (exact) mass is 436 g/mol.